The zero-order valence-corrected chi connectivity index (χ0v) is 24.4. The molecule has 40 heavy (non-hydrogen) atoms. The number of hydrogen-bond acceptors (Lipinski definition) is 6. The van der Waals surface area contributed by atoms with E-state index in [4.69, 9.17) is 4.55 Å². The summed E-state index contributed by atoms with van der Waals surface area (Å²) in [5, 5.41) is 0. The maximum Gasteiger partial charge on any atom is 0.294 e. The van der Waals surface area contributed by atoms with Crippen LogP contribution < -0.4 is 9.80 Å². The fraction of sp³-hybridized carbons (Fsp3) is 0.406. The number of benzene rings is 3. The van der Waals surface area contributed by atoms with Gasteiger partial charge in [-0.05, 0) is 57.0 Å². The van der Waals surface area contributed by atoms with Crippen LogP contribution in [-0.2, 0) is 10.1 Å². The van der Waals surface area contributed by atoms with Crippen molar-refractivity contribution in [2.24, 2.45) is 0 Å². The highest BCUT2D eigenvalue weighted by atomic mass is 32.2. The Labute approximate surface area is 238 Å². The number of likely N-dealkylation sites (N-methyl/N-ethyl adjacent to an activating group) is 1. The van der Waals surface area contributed by atoms with Gasteiger partial charge in [-0.15, -0.1) is 0 Å². The Hall–Kier alpha value is -3.20. The van der Waals surface area contributed by atoms with Crippen LogP contribution in [0.15, 0.2) is 71.6 Å². The lowest BCUT2D eigenvalue weighted by atomic mass is 9.89. The first kappa shape index (κ1) is 28.3. The molecule has 0 unspecified atom stereocenters. The molecule has 3 aromatic carbocycles. The van der Waals surface area contributed by atoms with E-state index in [-0.39, 0.29) is 10.7 Å². The van der Waals surface area contributed by atoms with E-state index in [0.717, 1.165) is 50.3 Å². The zero-order chi connectivity index (χ0) is 28.4. The number of rotatable bonds is 6. The molecule has 0 bridgehead atoms. The van der Waals surface area contributed by atoms with Gasteiger partial charge in [-0.2, -0.15) is 8.42 Å². The summed E-state index contributed by atoms with van der Waals surface area (Å²) in [5.74, 6) is 0.883. The lowest BCUT2D eigenvalue weighted by Crippen LogP contribution is -2.49. The largest absolute Gasteiger partial charge is 0.371 e. The molecule has 0 saturated carbocycles. The van der Waals surface area contributed by atoms with Crippen molar-refractivity contribution in [3.63, 3.8) is 0 Å². The van der Waals surface area contributed by atoms with Crippen LogP contribution in [0, 0.1) is 13.8 Å². The average Bonchev–Trinajstić information content (AvgIpc) is 3.25. The molecule has 0 aromatic heterocycles. The average molecular weight is 562 g/mol. The van der Waals surface area contributed by atoms with E-state index in [9.17, 15) is 13.2 Å². The standard InChI is InChI=1S/C25H31N3O.C7H8O3S/c1-18-8-10-19(11-9-18)24(29)7-4-13-27-14-12-22-21(17-27)20-5-3-6-23-25(20)28(22)16-15-26(23)2;1-6-2-4-7(5-3-6)11(8,9)10/h3,5-6,8-11,21-22H,4,7,12-17H2,1-2H3;2-5H,1H3,(H,8,9,10)/t21-,22-;/m0./s1. The summed E-state index contributed by atoms with van der Waals surface area (Å²) < 4.78 is 29.6. The Kier molecular flexibility index (Phi) is 8.31. The third kappa shape index (κ3) is 6.09. The van der Waals surface area contributed by atoms with E-state index in [0.29, 0.717) is 18.4 Å². The van der Waals surface area contributed by atoms with Crippen LogP contribution >= 0.6 is 0 Å². The lowest BCUT2D eigenvalue weighted by Gasteiger charge is -2.41. The molecule has 0 spiro atoms. The summed E-state index contributed by atoms with van der Waals surface area (Å²) in [6, 6.07) is 21.5. The van der Waals surface area contributed by atoms with Crippen molar-refractivity contribution < 1.29 is 17.8 Å². The number of likely N-dealkylation sites (tertiary alicyclic amines) is 1. The van der Waals surface area contributed by atoms with E-state index in [1.807, 2.05) is 31.2 Å². The SMILES string of the molecule is Cc1ccc(C(=O)CCCN2CC[C@H]3[C@@H](C2)c2cccc4c2N3CCN4C)cc1.Cc1ccc(S(=O)(=O)O)cc1. The number of fused-ring (bicyclic) bond motifs is 3. The van der Waals surface area contributed by atoms with Crippen LogP contribution in [0.1, 0.15) is 52.2 Å². The van der Waals surface area contributed by atoms with Crippen LogP contribution in [0.3, 0.4) is 0 Å². The Bertz CT molecular complexity index is 1450. The minimum atomic E-state index is -4.02. The third-order valence-corrected chi connectivity index (χ3v) is 9.32. The zero-order valence-electron chi connectivity index (χ0n) is 23.6. The van der Waals surface area contributed by atoms with Gasteiger partial charge in [0, 0.05) is 57.2 Å². The Morgan fingerprint density at radius 1 is 0.925 bits per heavy atom. The molecule has 0 aliphatic carbocycles. The molecule has 2 atom stereocenters. The number of Topliss-reactive ketones (excluding diaryl/α,β-unsaturated/α-hetero) is 1. The number of carbonyl (C=O) groups is 1. The monoisotopic (exact) mass is 561 g/mol. The van der Waals surface area contributed by atoms with E-state index in [2.05, 4.69) is 46.9 Å². The van der Waals surface area contributed by atoms with E-state index < -0.39 is 10.1 Å². The molecule has 212 valence electrons. The van der Waals surface area contributed by atoms with Crippen molar-refractivity contribution in [3.8, 4) is 0 Å². The molecule has 1 saturated heterocycles. The molecule has 3 aromatic rings. The first-order valence-electron chi connectivity index (χ1n) is 14.1. The van der Waals surface area contributed by atoms with Gasteiger partial charge in [0.25, 0.3) is 10.1 Å². The molecule has 3 heterocycles. The number of anilines is 2. The van der Waals surface area contributed by atoms with Gasteiger partial charge in [-0.1, -0.05) is 59.7 Å². The highest BCUT2D eigenvalue weighted by molar-refractivity contribution is 7.85. The second-order valence-electron chi connectivity index (χ2n) is 11.3. The first-order valence-corrected chi connectivity index (χ1v) is 15.5. The van der Waals surface area contributed by atoms with Crippen molar-refractivity contribution in [2.75, 3.05) is 49.6 Å². The minimum absolute atomic E-state index is 0.0666. The summed E-state index contributed by atoms with van der Waals surface area (Å²) in [6.45, 7) is 9.46. The van der Waals surface area contributed by atoms with Gasteiger partial charge in [-0.3, -0.25) is 9.35 Å². The van der Waals surface area contributed by atoms with Gasteiger partial charge < -0.3 is 14.7 Å². The molecule has 6 rings (SSSR count). The van der Waals surface area contributed by atoms with Gasteiger partial charge >= 0.3 is 0 Å². The second-order valence-corrected chi connectivity index (χ2v) is 12.7. The predicted molar refractivity (Wildman–Crippen MR) is 160 cm³/mol. The predicted octanol–water partition coefficient (Wildman–Crippen LogP) is 5.33. The van der Waals surface area contributed by atoms with Crippen LogP contribution in [0.25, 0.3) is 0 Å². The van der Waals surface area contributed by atoms with E-state index in [1.54, 1.807) is 17.7 Å². The molecule has 3 aliphatic rings. The van der Waals surface area contributed by atoms with Crippen molar-refractivity contribution in [2.45, 2.75) is 50.0 Å². The highest BCUT2D eigenvalue weighted by Gasteiger charge is 2.44. The molecule has 0 radical (unpaired) electrons. The second kappa shape index (κ2) is 11.7. The molecule has 1 N–H and O–H groups in total. The number of ketones is 1. The molecule has 1 fully saturated rings. The van der Waals surface area contributed by atoms with Gasteiger partial charge in [0.2, 0.25) is 0 Å². The van der Waals surface area contributed by atoms with Gasteiger partial charge in [0.05, 0.1) is 16.3 Å². The molecular weight excluding hydrogens is 522 g/mol. The summed E-state index contributed by atoms with van der Waals surface area (Å²) in [5.41, 5.74) is 7.45. The summed E-state index contributed by atoms with van der Waals surface area (Å²) in [6.07, 6.45) is 2.82. The number of nitrogens with zero attached hydrogens (tertiary/aromatic N) is 3. The van der Waals surface area contributed by atoms with Crippen LogP contribution in [-0.4, -0.2) is 69.5 Å². The maximum atomic E-state index is 12.5. The van der Waals surface area contributed by atoms with Crippen molar-refractivity contribution in [1.29, 1.82) is 0 Å². The number of carbonyl (C=O) groups excluding carboxylic acids is 1. The Balaban J connectivity index is 0.000000248. The fourth-order valence-electron chi connectivity index (χ4n) is 6.24. The molecule has 3 aliphatic heterocycles. The van der Waals surface area contributed by atoms with Crippen LogP contribution in [0.4, 0.5) is 11.4 Å². The van der Waals surface area contributed by atoms with Crippen molar-refractivity contribution >= 4 is 27.3 Å². The highest BCUT2D eigenvalue weighted by Crippen LogP contribution is 2.50. The number of aryl methyl sites for hydroxylation is 2. The first-order chi connectivity index (χ1) is 19.1. The quantitative estimate of drug-likeness (QED) is 0.322. The Morgan fingerprint density at radius 3 is 2.27 bits per heavy atom. The smallest absolute Gasteiger partial charge is 0.294 e. The normalized spacial score (nSPS) is 19.9. The summed E-state index contributed by atoms with van der Waals surface area (Å²) >= 11 is 0. The van der Waals surface area contributed by atoms with Crippen LogP contribution in [0.5, 0.6) is 0 Å². The van der Waals surface area contributed by atoms with E-state index >= 15 is 0 Å². The molecule has 8 heteroatoms. The van der Waals surface area contributed by atoms with Gasteiger partial charge in [-0.25, -0.2) is 0 Å². The summed E-state index contributed by atoms with van der Waals surface area (Å²) in [7, 11) is -1.81. The lowest BCUT2D eigenvalue weighted by molar-refractivity contribution is 0.0971. The number of hydrogen-bond donors (Lipinski definition) is 1. The topological polar surface area (TPSA) is 81.2 Å². The van der Waals surface area contributed by atoms with Crippen molar-refractivity contribution in [3.05, 3.63) is 89.0 Å². The molecular formula is C32H39N3O4S. The number of para-hydroxylation sites is 1. The Morgan fingerprint density at radius 2 is 1.60 bits per heavy atom. The third-order valence-electron chi connectivity index (χ3n) is 8.45. The maximum absolute atomic E-state index is 12.5. The van der Waals surface area contributed by atoms with Gasteiger partial charge in [0.15, 0.2) is 5.78 Å². The van der Waals surface area contributed by atoms with Gasteiger partial charge in [0.1, 0.15) is 0 Å². The van der Waals surface area contributed by atoms with Crippen molar-refractivity contribution in [1.82, 2.24) is 4.90 Å². The van der Waals surface area contributed by atoms with Crippen LogP contribution in [0.2, 0.25) is 0 Å². The molecule has 7 nitrogen and oxygen atoms in total. The fourth-order valence-corrected chi connectivity index (χ4v) is 6.72. The minimum Gasteiger partial charge on any atom is -0.371 e. The van der Waals surface area contributed by atoms with E-state index in [1.165, 1.54) is 35.5 Å². The number of piperidine rings is 1. The molecule has 0 amide bonds. The summed E-state index contributed by atoms with van der Waals surface area (Å²) in [4.78, 5) is 20.1.